The van der Waals surface area contributed by atoms with Gasteiger partial charge in [0.25, 0.3) is 0 Å². The summed E-state index contributed by atoms with van der Waals surface area (Å²) in [6.07, 6.45) is 0. The van der Waals surface area contributed by atoms with Crippen LogP contribution in [-0.4, -0.2) is 21.6 Å². The van der Waals surface area contributed by atoms with Gasteiger partial charge in [0.15, 0.2) is 0 Å². The predicted octanol–water partition coefficient (Wildman–Crippen LogP) is 3.81. The third-order valence-electron chi connectivity index (χ3n) is 4.03. The van der Waals surface area contributed by atoms with Crippen molar-refractivity contribution in [2.45, 2.75) is 18.7 Å². The van der Waals surface area contributed by atoms with Crippen LogP contribution in [-0.2, 0) is 10.0 Å². The van der Waals surface area contributed by atoms with Crippen molar-refractivity contribution in [3.63, 3.8) is 0 Å². The molecule has 0 aromatic heterocycles. The summed E-state index contributed by atoms with van der Waals surface area (Å²) in [5, 5.41) is 1.91. The molecule has 130 valence electrons. The van der Waals surface area contributed by atoms with E-state index in [4.69, 9.17) is 4.74 Å². The van der Waals surface area contributed by atoms with Crippen LogP contribution < -0.4 is 9.46 Å². The van der Waals surface area contributed by atoms with Gasteiger partial charge in [-0.25, -0.2) is 13.1 Å². The van der Waals surface area contributed by atoms with E-state index in [2.05, 4.69) is 4.72 Å². The molecule has 0 bridgehead atoms. The first kappa shape index (κ1) is 17.5. The van der Waals surface area contributed by atoms with Crippen LogP contribution in [0.15, 0.2) is 65.6 Å². The molecule has 0 aliphatic carbocycles. The Kier molecular flexibility index (Phi) is 5.06. The van der Waals surface area contributed by atoms with E-state index in [9.17, 15) is 8.42 Å². The number of ether oxygens (including phenoxy) is 1. The molecule has 25 heavy (non-hydrogen) atoms. The van der Waals surface area contributed by atoms with Crippen molar-refractivity contribution in [3.05, 3.63) is 71.8 Å². The second-order valence-corrected chi connectivity index (χ2v) is 7.79. The number of benzene rings is 3. The van der Waals surface area contributed by atoms with Gasteiger partial charge < -0.3 is 4.74 Å². The van der Waals surface area contributed by atoms with Gasteiger partial charge in [0.05, 0.1) is 4.90 Å². The Bertz CT molecular complexity index is 997. The van der Waals surface area contributed by atoms with Gasteiger partial charge in [-0.15, -0.1) is 0 Å². The number of sulfonamides is 1. The summed E-state index contributed by atoms with van der Waals surface area (Å²) in [5.74, 6) is 0.782. The highest BCUT2D eigenvalue weighted by Gasteiger charge is 2.14. The van der Waals surface area contributed by atoms with Gasteiger partial charge in [-0.1, -0.05) is 42.5 Å². The van der Waals surface area contributed by atoms with Crippen molar-refractivity contribution in [1.82, 2.24) is 4.72 Å². The van der Waals surface area contributed by atoms with Gasteiger partial charge in [-0.05, 0) is 53.9 Å². The predicted molar refractivity (Wildman–Crippen MR) is 101 cm³/mol. The normalized spacial score (nSPS) is 11.6. The topological polar surface area (TPSA) is 55.4 Å². The quantitative estimate of drug-likeness (QED) is 0.684. The van der Waals surface area contributed by atoms with Gasteiger partial charge >= 0.3 is 0 Å². The number of aryl methyl sites for hydroxylation is 2. The van der Waals surface area contributed by atoms with E-state index in [0.717, 1.165) is 27.6 Å². The van der Waals surface area contributed by atoms with Gasteiger partial charge in [-0.2, -0.15) is 0 Å². The number of rotatable bonds is 6. The molecule has 0 saturated heterocycles. The van der Waals surface area contributed by atoms with Gasteiger partial charge in [0, 0.05) is 6.54 Å². The molecule has 0 atom stereocenters. The molecule has 4 nitrogen and oxygen atoms in total. The molecule has 0 saturated carbocycles. The lowest BCUT2D eigenvalue weighted by Crippen LogP contribution is -2.28. The molecule has 0 aliphatic rings. The SMILES string of the molecule is Cc1ccc(C)c(OCCNS(=O)(=O)c2ccc3ccccc3c2)c1. The summed E-state index contributed by atoms with van der Waals surface area (Å²) in [4.78, 5) is 0.262. The number of hydrogen-bond donors (Lipinski definition) is 1. The van der Waals surface area contributed by atoms with Crippen molar-refractivity contribution < 1.29 is 13.2 Å². The second kappa shape index (κ2) is 7.25. The molecule has 3 rings (SSSR count). The third-order valence-corrected chi connectivity index (χ3v) is 5.49. The first-order valence-electron chi connectivity index (χ1n) is 8.14. The van der Waals surface area contributed by atoms with E-state index in [1.807, 2.05) is 62.4 Å². The van der Waals surface area contributed by atoms with Crippen LogP contribution in [0.5, 0.6) is 5.75 Å². The Morgan fingerprint density at radius 3 is 2.48 bits per heavy atom. The van der Waals surface area contributed by atoms with Gasteiger partial charge in [0.2, 0.25) is 10.0 Å². The molecule has 0 fully saturated rings. The van der Waals surface area contributed by atoms with E-state index in [-0.39, 0.29) is 18.0 Å². The first-order valence-corrected chi connectivity index (χ1v) is 9.62. The fourth-order valence-corrected chi connectivity index (χ4v) is 3.67. The Labute approximate surface area is 148 Å². The maximum Gasteiger partial charge on any atom is 0.240 e. The highest BCUT2D eigenvalue weighted by molar-refractivity contribution is 7.89. The monoisotopic (exact) mass is 355 g/mol. The summed E-state index contributed by atoms with van der Waals surface area (Å²) in [7, 11) is -3.55. The van der Waals surface area contributed by atoms with Crippen molar-refractivity contribution >= 4 is 20.8 Å². The lowest BCUT2D eigenvalue weighted by atomic mass is 10.1. The van der Waals surface area contributed by atoms with Crippen molar-refractivity contribution in [3.8, 4) is 5.75 Å². The highest BCUT2D eigenvalue weighted by atomic mass is 32.2. The van der Waals surface area contributed by atoms with Crippen LogP contribution in [0.4, 0.5) is 0 Å². The smallest absolute Gasteiger partial charge is 0.240 e. The van der Waals surface area contributed by atoms with Gasteiger partial charge in [0.1, 0.15) is 12.4 Å². The van der Waals surface area contributed by atoms with Crippen molar-refractivity contribution in [2.75, 3.05) is 13.2 Å². The molecule has 5 heteroatoms. The number of hydrogen-bond acceptors (Lipinski definition) is 3. The van der Waals surface area contributed by atoms with Crippen LogP contribution in [0.2, 0.25) is 0 Å². The maximum atomic E-state index is 12.4. The average Bonchev–Trinajstić information content (AvgIpc) is 2.61. The molecule has 0 amide bonds. The Hall–Kier alpha value is -2.37. The minimum absolute atomic E-state index is 0.211. The summed E-state index contributed by atoms with van der Waals surface area (Å²) in [6.45, 7) is 4.45. The summed E-state index contributed by atoms with van der Waals surface area (Å²) < 4.78 is 33.2. The minimum atomic E-state index is -3.55. The fraction of sp³-hybridized carbons (Fsp3) is 0.200. The maximum absolute atomic E-state index is 12.4. The standard InChI is InChI=1S/C20H21NO3S/c1-15-7-8-16(2)20(13-15)24-12-11-21-25(22,23)19-10-9-17-5-3-4-6-18(17)14-19/h3-10,13-14,21H,11-12H2,1-2H3. The third kappa shape index (κ3) is 4.18. The van der Waals surface area contributed by atoms with Crippen LogP contribution in [0.3, 0.4) is 0 Å². The summed E-state index contributed by atoms with van der Waals surface area (Å²) in [6, 6.07) is 18.8. The van der Waals surface area contributed by atoms with E-state index in [0.29, 0.717) is 0 Å². The van der Waals surface area contributed by atoms with E-state index < -0.39 is 10.0 Å². The highest BCUT2D eigenvalue weighted by Crippen LogP contribution is 2.20. The molecule has 3 aromatic rings. The molecular weight excluding hydrogens is 334 g/mol. The van der Waals surface area contributed by atoms with Crippen molar-refractivity contribution in [1.29, 1.82) is 0 Å². The molecular formula is C20H21NO3S. The molecule has 0 unspecified atom stereocenters. The van der Waals surface area contributed by atoms with E-state index in [1.165, 1.54) is 0 Å². The Morgan fingerprint density at radius 1 is 0.920 bits per heavy atom. The Morgan fingerprint density at radius 2 is 1.68 bits per heavy atom. The summed E-state index contributed by atoms with van der Waals surface area (Å²) >= 11 is 0. The molecule has 0 radical (unpaired) electrons. The van der Waals surface area contributed by atoms with E-state index >= 15 is 0 Å². The van der Waals surface area contributed by atoms with Crippen LogP contribution in [0.1, 0.15) is 11.1 Å². The van der Waals surface area contributed by atoms with E-state index in [1.54, 1.807) is 12.1 Å². The minimum Gasteiger partial charge on any atom is -0.492 e. The van der Waals surface area contributed by atoms with Crippen LogP contribution >= 0.6 is 0 Å². The first-order chi connectivity index (χ1) is 12.0. The van der Waals surface area contributed by atoms with Crippen molar-refractivity contribution in [2.24, 2.45) is 0 Å². The molecule has 0 heterocycles. The molecule has 3 aromatic carbocycles. The largest absolute Gasteiger partial charge is 0.492 e. The zero-order valence-corrected chi connectivity index (χ0v) is 15.1. The Balaban J connectivity index is 1.64. The van der Waals surface area contributed by atoms with Gasteiger partial charge in [-0.3, -0.25) is 0 Å². The number of fused-ring (bicyclic) bond motifs is 1. The van der Waals surface area contributed by atoms with Crippen LogP contribution in [0.25, 0.3) is 10.8 Å². The summed E-state index contributed by atoms with van der Waals surface area (Å²) in [5.41, 5.74) is 2.14. The number of nitrogens with one attached hydrogen (secondary N) is 1. The average molecular weight is 355 g/mol. The zero-order chi connectivity index (χ0) is 17.9. The zero-order valence-electron chi connectivity index (χ0n) is 14.3. The molecule has 1 N–H and O–H groups in total. The van der Waals surface area contributed by atoms with Crippen LogP contribution in [0, 0.1) is 13.8 Å². The lowest BCUT2D eigenvalue weighted by molar-refractivity contribution is 0.320. The molecule has 0 spiro atoms. The molecule has 0 aliphatic heterocycles. The fourth-order valence-electron chi connectivity index (χ4n) is 2.62. The second-order valence-electron chi connectivity index (χ2n) is 6.02. The lowest BCUT2D eigenvalue weighted by Gasteiger charge is -2.11.